The first-order chi connectivity index (χ1) is 9.58. The first kappa shape index (κ1) is 13.5. The second-order valence-electron chi connectivity index (χ2n) is 3.88. The summed E-state index contributed by atoms with van der Waals surface area (Å²) in [6.07, 6.45) is 2.69. The molecule has 2 N–H and O–H groups in total. The van der Waals surface area contributed by atoms with Crippen molar-refractivity contribution in [1.82, 2.24) is 14.5 Å². The largest absolute Gasteiger partial charge is 0.481 e. The third-order valence-corrected chi connectivity index (χ3v) is 2.44. The maximum Gasteiger partial charge on any atom is 0.328 e. The van der Waals surface area contributed by atoms with E-state index in [0.29, 0.717) is 11.6 Å². The summed E-state index contributed by atoms with van der Waals surface area (Å²) in [5, 5.41) is 2.57. The molecule has 0 bridgehead atoms. The SMILES string of the molecule is COc1ccc(NC(=O)Cn2ccc(=O)[nH]c2=O)cn1. The maximum atomic E-state index is 11.8. The van der Waals surface area contributed by atoms with E-state index in [4.69, 9.17) is 4.74 Å². The van der Waals surface area contributed by atoms with E-state index in [1.165, 1.54) is 25.6 Å². The van der Waals surface area contributed by atoms with E-state index >= 15 is 0 Å². The lowest BCUT2D eigenvalue weighted by molar-refractivity contribution is -0.116. The fraction of sp³-hybridized carbons (Fsp3) is 0.167. The van der Waals surface area contributed by atoms with Crippen LogP contribution in [0.4, 0.5) is 5.69 Å². The molecule has 0 fully saturated rings. The minimum Gasteiger partial charge on any atom is -0.481 e. The van der Waals surface area contributed by atoms with Crippen molar-refractivity contribution in [3.8, 4) is 5.88 Å². The second-order valence-corrected chi connectivity index (χ2v) is 3.88. The molecule has 0 aliphatic heterocycles. The van der Waals surface area contributed by atoms with Gasteiger partial charge in [-0.1, -0.05) is 0 Å². The number of hydrogen-bond donors (Lipinski definition) is 2. The predicted molar refractivity (Wildman–Crippen MR) is 70.7 cm³/mol. The van der Waals surface area contributed by atoms with Crippen LogP contribution in [0.3, 0.4) is 0 Å². The minimum atomic E-state index is -0.638. The number of carbonyl (C=O) groups excluding carboxylic acids is 1. The second kappa shape index (κ2) is 5.83. The van der Waals surface area contributed by atoms with Crippen LogP contribution in [0.25, 0.3) is 0 Å². The van der Waals surface area contributed by atoms with E-state index < -0.39 is 17.2 Å². The topological polar surface area (TPSA) is 106 Å². The molecule has 0 saturated heterocycles. The lowest BCUT2D eigenvalue weighted by atomic mass is 10.4. The van der Waals surface area contributed by atoms with E-state index in [0.717, 1.165) is 4.57 Å². The number of H-pyrrole nitrogens is 1. The van der Waals surface area contributed by atoms with Gasteiger partial charge in [0.25, 0.3) is 5.56 Å². The summed E-state index contributed by atoms with van der Waals surface area (Å²) in [7, 11) is 1.49. The Morgan fingerprint density at radius 3 is 2.80 bits per heavy atom. The molecular formula is C12H12N4O4. The number of methoxy groups -OCH3 is 1. The standard InChI is InChI=1S/C12H12N4O4/c1-20-11-3-2-8(6-13-11)14-10(18)7-16-5-4-9(17)15-12(16)19/h2-6H,7H2,1H3,(H,14,18)(H,15,17,19). The number of rotatable bonds is 4. The van der Waals surface area contributed by atoms with Crippen molar-refractivity contribution in [1.29, 1.82) is 0 Å². The zero-order valence-corrected chi connectivity index (χ0v) is 10.6. The van der Waals surface area contributed by atoms with Crippen molar-refractivity contribution >= 4 is 11.6 Å². The molecule has 0 spiro atoms. The smallest absolute Gasteiger partial charge is 0.328 e. The number of aromatic nitrogens is 3. The number of ether oxygens (including phenoxy) is 1. The lowest BCUT2D eigenvalue weighted by Crippen LogP contribution is -2.32. The van der Waals surface area contributed by atoms with Gasteiger partial charge >= 0.3 is 5.69 Å². The molecule has 0 unspecified atom stereocenters. The fourth-order valence-corrected chi connectivity index (χ4v) is 1.50. The number of carbonyl (C=O) groups is 1. The molecule has 0 saturated carbocycles. The van der Waals surface area contributed by atoms with Crippen LogP contribution in [-0.2, 0) is 11.3 Å². The molecule has 2 aromatic heterocycles. The molecule has 0 aliphatic rings. The van der Waals surface area contributed by atoms with Gasteiger partial charge in [-0.15, -0.1) is 0 Å². The van der Waals surface area contributed by atoms with E-state index in [1.54, 1.807) is 12.1 Å². The number of nitrogens with one attached hydrogen (secondary N) is 2. The molecule has 2 aromatic rings. The van der Waals surface area contributed by atoms with E-state index in [-0.39, 0.29) is 6.54 Å². The molecular weight excluding hydrogens is 264 g/mol. The summed E-state index contributed by atoms with van der Waals surface area (Å²) < 4.78 is 5.98. The normalized spacial score (nSPS) is 10.1. The number of nitrogens with zero attached hydrogens (tertiary/aromatic N) is 2. The molecule has 20 heavy (non-hydrogen) atoms. The van der Waals surface area contributed by atoms with Crippen molar-refractivity contribution < 1.29 is 9.53 Å². The van der Waals surface area contributed by atoms with Crippen molar-refractivity contribution in [3.63, 3.8) is 0 Å². The number of anilines is 1. The van der Waals surface area contributed by atoms with Crippen LogP contribution in [0.1, 0.15) is 0 Å². The van der Waals surface area contributed by atoms with Gasteiger partial charge in [0, 0.05) is 18.3 Å². The van der Waals surface area contributed by atoms with Crippen LogP contribution < -0.4 is 21.3 Å². The molecule has 8 heteroatoms. The van der Waals surface area contributed by atoms with Crippen LogP contribution in [0.5, 0.6) is 5.88 Å². The average molecular weight is 276 g/mol. The molecule has 0 atom stereocenters. The van der Waals surface area contributed by atoms with Gasteiger partial charge in [0.2, 0.25) is 11.8 Å². The molecule has 0 aromatic carbocycles. The molecule has 0 radical (unpaired) electrons. The number of aromatic amines is 1. The summed E-state index contributed by atoms with van der Waals surface area (Å²) in [5.74, 6) is 0.0194. The van der Waals surface area contributed by atoms with Crippen LogP contribution in [0.2, 0.25) is 0 Å². The molecule has 8 nitrogen and oxygen atoms in total. The highest BCUT2D eigenvalue weighted by molar-refractivity contribution is 5.90. The quantitative estimate of drug-likeness (QED) is 0.788. The first-order valence-electron chi connectivity index (χ1n) is 5.68. The van der Waals surface area contributed by atoms with Crippen LogP contribution in [-0.4, -0.2) is 27.6 Å². The Morgan fingerprint density at radius 2 is 2.20 bits per heavy atom. The molecule has 2 rings (SSSR count). The van der Waals surface area contributed by atoms with Gasteiger partial charge in [-0.2, -0.15) is 0 Å². The summed E-state index contributed by atoms with van der Waals surface area (Å²) in [6, 6.07) is 4.39. The molecule has 104 valence electrons. The summed E-state index contributed by atoms with van der Waals surface area (Å²) in [5.41, 5.74) is -0.667. The van der Waals surface area contributed by atoms with Gasteiger partial charge in [0.05, 0.1) is 19.0 Å². The summed E-state index contributed by atoms with van der Waals surface area (Å²) in [4.78, 5) is 40.1. The van der Waals surface area contributed by atoms with Crippen molar-refractivity contribution in [2.45, 2.75) is 6.54 Å². The first-order valence-corrected chi connectivity index (χ1v) is 5.68. The van der Waals surface area contributed by atoms with E-state index in [2.05, 4.69) is 15.3 Å². The molecule has 2 heterocycles. The van der Waals surface area contributed by atoms with Crippen molar-refractivity contribution in [2.75, 3.05) is 12.4 Å². The molecule has 1 amide bonds. The number of pyridine rings is 1. The highest BCUT2D eigenvalue weighted by Gasteiger charge is 2.06. The van der Waals surface area contributed by atoms with Gasteiger partial charge in [-0.3, -0.25) is 19.1 Å². The number of hydrogen-bond acceptors (Lipinski definition) is 5. The average Bonchev–Trinajstić information content (AvgIpc) is 2.43. The Hall–Kier alpha value is -2.90. The third-order valence-electron chi connectivity index (χ3n) is 2.44. The van der Waals surface area contributed by atoms with Crippen molar-refractivity contribution in [3.05, 3.63) is 51.4 Å². The Labute approximate surface area is 113 Å². The Morgan fingerprint density at radius 1 is 1.40 bits per heavy atom. The van der Waals surface area contributed by atoms with E-state index in [9.17, 15) is 14.4 Å². The van der Waals surface area contributed by atoms with Gasteiger partial charge in [-0.05, 0) is 6.07 Å². The maximum absolute atomic E-state index is 11.8. The fourth-order valence-electron chi connectivity index (χ4n) is 1.50. The number of amides is 1. The Kier molecular flexibility index (Phi) is 3.94. The third kappa shape index (κ3) is 3.31. The lowest BCUT2D eigenvalue weighted by Gasteiger charge is -2.07. The predicted octanol–water partition coefficient (Wildman–Crippen LogP) is -0.421. The monoisotopic (exact) mass is 276 g/mol. The van der Waals surface area contributed by atoms with Gasteiger partial charge in [-0.25, -0.2) is 9.78 Å². The Bertz CT molecular complexity index is 717. The Balaban J connectivity index is 2.04. The zero-order chi connectivity index (χ0) is 14.5. The van der Waals surface area contributed by atoms with Crippen LogP contribution >= 0.6 is 0 Å². The van der Waals surface area contributed by atoms with Gasteiger partial charge in [0.15, 0.2) is 0 Å². The zero-order valence-electron chi connectivity index (χ0n) is 10.6. The minimum absolute atomic E-state index is 0.207. The van der Waals surface area contributed by atoms with Crippen LogP contribution in [0.15, 0.2) is 40.2 Å². The van der Waals surface area contributed by atoms with E-state index in [1.807, 2.05) is 0 Å². The highest BCUT2D eigenvalue weighted by Crippen LogP contribution is 2.10. The van der Waals surface area contributed by atoms with Gasteiger partial charge < -0.3 is 10.1 Å². The summed E-state index contributed by atoms with van der Waals surface area (Å²) in [6.45, 7) is -0.207. The van der Waals surface area contributed by atoms with Crippen LogP contribution in [0, 0.1) is 0 Å². The van der Waals surface area contributed by atoms with Gasteiger partial charge in [0.1, 0.15) is 6.54 Å². The van der Waals surface area contributed by atoms with Crippen molar-refractivity contribution in [2.24, 2.45) is 0 Å². The summed E-state index contributed by atoms with van der Waals surface area (Å²) >= 11 is 0. The molecule has 0 aliphatic carbocycles. The highest BCUT2D eigenvalue weighted by atomic mass is 16.5.